The molecule has 0 saturated heterocycles. The Morgan fingerprint density at radius 1 is 0.724 bits per heavy atom. The SMILES string of the molecule is CCN(CC)CCNc1ccc(/C(=C(/Cl)c2ccccc2)c2ccccc2)cc1. The summed E-state index contributed by atoms with van der Waals surface area (Å²) >= 11 is 6.89. The number of nitrogens with one attached hydrogen (secondary N) is 1. The number of hydrogen-bond donors (Lipinski definition) is 1. The summed E-state index contributed by atoms with van der Waals surface area (Å²) in [5, 5.41) is 4.28. The summed E-state index contributed by atoms with van der Waals surface area (Å²) in [6, 6.07) is 29.0. The van der Waals surface area contributed by atoms with E-state index in [9.17, 15) is 0 Å². The fraction of sp³-hybridized carbons (Fsp3) is 0.231. The van der Waals surface area contributed by atoms with Gasteiger partial charge in [0.15, 0.2) is 0 Å². The first-order chi connectivity index (χ1) is 14.2. The van der Waals surface area contributed by atoms with E-state index in [1.165, 1.54) is 0 Å². The largest absolute Gasteiger partial charge is 0.384 e. The molecule has 0 spiro atoms. The molecule has 3 rings (SSSR count). The molecule has 29 heavy (non-hydrogen) atoms. The Morgan fingerprint density at radius 2 is 1.24 bits per heavy atom. The summed E-state index contributed by atoms with van der Waals surface area (Å²) in [6.07, 6.45) is 0. The fourth-order valence-electron chi connectivity index (χ4n) is 3.41. The molecule has 0 heterocycles. The lowest BCUT2D eigenvalue weighted by Gasteiger charge is -2.18. The lowest BCUT2D eigenvalue weighted by atomic mass is 9.95. The van der Waals surface area contributed by atoms with Crippen molar-refractivity contribution in [3.8, 4) is 0 Å². The van der Waals surface area contributed by atoms with E-state index in [1.54, 1.807) is 0 Å². The summed E-state index contributed by atoms with van der Waals surface area (Å²) in [5.74, 6) is 0. The van der Waals surface area contributed by atoms with Crippen LogP contribution in [0, 0.1) is 0 Å². The molecule has 0 saturated carbocycles. The fourth-order valence-corrected chi connectivity index (χ4v) is 3.75. The highest BCUT2D eigenvalue weighted by molar-refractivity contribution is 6.53. The molecule has 3 heteroatoms. The molecule has 0 bridgehead atoms. The van der Waals surface area contributed by atoms with E-state index < -0.39 is 0 Å². The van der Waals surface area contributed by atoms with Crippen LogP contribution in [0.15, 0.2) is 84.9 Å². The van der Waals surface area contributed by atoms with E-state index in [0.29, 0.717) is 0 Å². The van der Waals surface area contributed by atoms with Crippen molar-refractivity contribution in [3.05, 3.63) is 102 Å². The van der Waals surface area contributed by atoms with Gasteiger partial charge in [0.1, 0.15) is 0 Å². The van der Waals surface area contributed by atoms with Gasteiger partial charge in [-0.25, -0.2) is 0 Å². The molecule has 0 atom stereocenters. The van der Waals surface area contributed by atoms with Crippen LogP contribution in [0.2, 0.25) is 0 Å². The van der Waals surface area contributed by atoms with Crippen molar-refractivity contribution in [1.29, 1.82) is 0 Å². The highest BCUT2D eigenvalue weighted by Crippen LogP contribution is 2.35. The lowest BCUT2D eigenvalue weighted by Crippen LogP contribution is -2.28. The van der Waals surface area contributed by atoms with E-state index in [-0.39, 0.29) is 0 Å². The Labute approximate surface area is 179 Å². The normalized spacial score (nSPS) is 12.0. The van der Waals surface area contributed by atoms with Crippen molar-refractivity contribution in [2.24, 2.45) is 0 Å². The van der Waals surface area contributed by atoms with Crippen LogP contribution in [0.5, 0.6) is 0 Å². The molecule has 0 aliphatic heterocycles. The van der Waals surface area contributed by atoms with Crippen molar-refractivity contribution in [1.82, 2.24) is 4.90 Å². The smallest absolute Gasteiger partial charge is 0.0562 e. The third-order valence-corrected chi connectivity index (χ3v) is 5.54. The van der Waals surface area contributed by atoms with Crippen LogP contribution in [-0.2, 0) is 0 Å². The summed E-state index contributed by atoms with van der Waals surface area (Å²) in [4.78, 5) is 2.41. The molecule has 0 aliphatic carbocycles. The average molecular weight is 405 g/mol. The Kier molecular flexibility index (Phi) is 7.92. The van der Waals surface area contributed by atoms with Crippen LogP contribution in [0.3, 0.4) is 0 Å². The van der Waals surface area contributed by atoms with E-state index >= 15 is 0 Å². The van der Waals surface area contributed by atoms with Crippen LogP contribution in [0.1, 0.15) is 30.5 Å². The number of rotatable bonds is 9. The number of likely N-dealkylation sites (N-methyl/N-ethyl adjacent to an activating group) is 1. The van der Waals surface area contributed by atoms with Gasteiger partial charge in [0.05, 0.1) is 5.03 Å². The summed E-state index contributed by atoms with van der Waals surface area (Å²) < 4.78 is 0. The summed E-state index contributed by atoms with van der Waals surface area (Å²) in [6.45, 7) is 8.55. The number of benzene rings is 3. The molecule has 0 amide bonds. The lowest BCUT2D eigenvalue weighted by molar-refractivity contribution is 0.316. The second-order valence-corrected chi connectivity index (χ2v) is 7.33. The minimum atomic E-state index is 0.763. The van der Waals surface area contributed by atoms with Gasteiger partial charge in [0, 0.05) is 24.4 Å². The zero-order valence-corrected chi connectivity index (χ0v) is 18.0. The van der Waals surface area contributed by atoms with Crippen LogP contribution in [0.25, 0.3) is 10.6 Å². The van der Waals surface area contributed by atoms with Gasteiger partial charge in [-0.3, -0.25) is 0 Å². The highest BCUT2D eigenvalue weighted by Gasteiger charge is 2.12. The quantitative estimate of drug-likeness (QED) is 0.404. The van der Waals surface area contributed by atoms with Crippen LogP contribution in [-0.4, -0.2) is 31.1 Å². The third kappa shape index (κ3) is 5.72. The molecular weight excluding hydrogens is 376 g/mol. The van der Waals surface area contributed by atoms with Crippen molar-refractivity contribution < 1.29 is 0 Å². The summed E-state index contributed by atoms with van der Waals surface area (Å²) in [5.41, 5.74) is 5.43. The minimum Gasteiger partial charge on any atom is -0.384 e. The molecular formula is C26H29ClN2. The maximum atomic E-state index is 6.89. The molecule has 0 aliphatic rings. The topological polar surface area (TPSA) is 15.3 Å². The van der Waals surface area contributed by atoms with E-state index in [1.807, 2.05) is 36.4 Å². The van der Waals surface area contributed by atoms with Crippen molar-refractivity contribution in [3.63, 3.8) is 0 Å². The molecule has 150 valence electrons. The predicted octanol–water partition coefficient (Wildman–Crippen LogP) is 6.60. The highest BCUT2D eigenvalue weighted by atomic mass is 35.5. The molecule has 0 aromatic heterocycles. The standard InChI is InChI=1S/C26H29ClN2/c1-3-29(4-2)20-19-28-24-17-15-22(16-18-24)25(21-11-7-5-8-12-21)26(27)23-13-9-6-10-14-23/h5-18,28H,3-4,19-20H2,1-2H3/b26-25+. The number of nitrogens with zero attached hydrogens (tertiary/aromatic N) is 1. The first-order valence-electron chi connectivity index (χ1n) is 10.3. The van der Waals surface area contributed by atoms with Gasteiger partial charge in [-0.1, -0.05) is 98.2 Å². The maximum Gasteiger partial charge on any atom is 0.0562 e. The van der Waals surface area contributed by atoms with Gasteiger partial charge in [0.2, 0.25) is 0 Å². The van der Waals surface area contributed by atoms with Crippen molar-refractivity contribution in [2.45, 2.75) is 13.8 Å². The van der Waals surface area contributed by atoms with Gasteiger partial charge in [0.25, 0.3) is 0 Å². The summed E-state index contributed by atoms with van der Waals surface area (Å²) in [7, 11) is 0. The molecule has 0 fully saturated rings. The van der Waals surface area contributed by atoms with Crippen molar-refractivity contribution in [2.75, 3.05) is 31.5 Å². The zero-order valence-electron chi connectivity index (χ0n) is 17.2. The van der Waals surface area contributed by atoms with E-state index in [4.69, 9.17) is 11.6 Å². The van der Waals surface area contributed by atoms with Gasteiger partial charge in [-0.2, -0.15) is 0 Å². The van der Waals surface area contributed by atoms with E-state index in [2.05, 4.69) is 72.6 Å². The van der Waals surface area contributed by atoms with Crippen LogP contribution < -0.4 is 5.32 Å². The first-order valence-corrected chi connectivity index (χ1v) is 10.7. The van der Waals surface area contributed by atoms with Gasteiger partial charge in [-0.15, -0.1) is 0 Å². The number of anilines is 1. The van der Waals surface area contributed by atoms with Gasteiger partial charge >= 0.3 is 0 Å². The monoisotopic (exact) mass is 404 g/mol. The van der Waals surface area contributed by atoms with Gasteiger partial charge < -0.3 is 10.2 Å². The molecule has 2 nitrogen and oxygen atoms in total. The van der Waals surface area contributed by atoms with Crippen LogP contribution in [0.4, 0.5) is 5.69 Å². The Morgan fingerprint density at radius 3 is 1.79 bits per heavy atom. The molecule has 3 aromatic carbocycles. The second kappa shape index (κ2) is 10.8. The van der Waals surface area contributed by atoms with E-state index in [0.717, 1.165) is 59.2 Å². The third-order valence-electron chi connectivity index (χ3n) is 5.13. The molecule has 1 N–H and O–H groups in total. The first kappa shape index (κ1) is 21.2. The molecule has 0 unspecified atom stereocenters. The zero-order chi connectivity index (χ0) is 20.5. The van der Waals surface area contributed by atoms with Crippen LogP contribution >= 0.6 is 11.6 Å². The van der Waals surface area contributed by atoms with Crippen molar-refractivity contribution >= 4 is 27.9 Å². The average Bonchev–Trinajstić information content (AvgIpc) is 2.79. The number of halogens is 1. The minimum absolute atomic E-state index is 0.763. The Balaban J connectivity index is 1.86. The molecule has 3 aromatic rings. The molecule has 0 radical (unpaired) electrons. The number of hydrogen-bond acceptors (Lipinski definition) is 2. The van der Waals surface area contributed by atoms with Gasteiger partial charge in [-0.05, 0) is 41.9 Å². The maximum absolute atomic E-state index is 6.89. The second-order valence-electron chi connectivity index (χ2n) is 6.95. The predicted molar refractivity (Wildman–Crippen MR) is 127 cm³/mol. The Hall–Kier alpha value is -2.55. The Bertz CT molecular complexity index is 898.